The zero-order chi connectivity index (χ0) is 13.2. The lowest BCUT2D eigenvalue weighted by atomic mass is 9.99. The van der Waals surface area contributed by atoms with E-state index in [1.807, 2.05) is 0 Å². The maximum atomic E-state index is 10.9. The largest absolute Gasteiger partial charge is 0.477 e. The Hall–Kier alpha value is -1.69. The van der Waals surface area contributed by atoms with E-state index in [2.05, 4.69) is 20.2 Å². The van der Waals surface area contributed by atoms with Gasteiger partial charge in [0.15, 0.2) is 5.69 Å². The number of carboxylic acids is 1. The van der Waals surface area contributed by atoms with Gasteiger partial charge in [0.05, 0.1) is 0 Å². The molecule has 3 heterocycles. The van der Waals surface area contributed by atoms with E-state index < -0.39 is 5.97 Å². The zero-order valence-electron chi connectivity index (χ0n) is 10.7. The molecule has 0 aromatic carbocycles. The van der Waals surface area contributed by atoms with Crippen molar-refractivity contribution in [3.05, 3.63) is 18.0 Å². The molecule has 0 aliphatic carbocycles. The van der Waals surface area contributed by atoms with Crippen LogP contribution in [0.3, 0.4) is 0 Å². The monoisotopic (exact) mass is 262 g/mol. The van der Waals surface area contributed by atoms with Crippen molar-refractivity contribution >= 4 is 11.9 Å². The molecule has 6 heteroatoms. The summed E-state index contributed by atoms with van der Waals surface area (Å²) in [5.41, 5.74) is 0.0380. The lowest BCUT2D eigenvalue weighted by Gasteiger charge is -2.32. The molecule has 0 saturated carbocycles. The van der Waals surface area contributed by atoms with Gasteiger partial charge in [-0.25, -0.2) is 14.8 Å². The summed E-state index contributed by atoms with van der Waals surface area (Å²) in [5.74, 6) is -0.589. The number of nitrogens with zero attached hydrogens (tertiary/aromatic N) is 3. The highest BCUT2D eigenvalue weighted by molar-refractivity contribution is 5.85. The molecule has 0 bridgehead atoms. The number of hydrogen-bond acceptors (Lipinski definition) is 5. The molecule has 2 N–H and O–H groups in total. The van der Waals surface area contributed by atoms with Crippen molar-refractivity contribution in [2.24, 2.45) is 0 Å². The van der Waals surface area contributed by atoms with Crippen LogP contribution in [0.5, 0.6) is 0 Å². The summed E-state index contributed by atoms with van der Waals surface area (Å²) in [6, 6.07) is 2.30. The Morgan fingerprint density at radius 2 is 2.26 bits per heavy atom. The second kappa shape index (κ2) is 5.13. The number of nitrogens with one attached hydrogen (secondary N) is 1. The van der Waals surface area contributed by atoms with Crippen LogP contribution in [0.4, 0.5) is 5.95 Å². The van der Waals surface area contributed by atoms with Crippen molar-refractivity contribution in [2.75, 3.05) is 18.4 Å². The highest BCUT2D eigenvalue weighted by atomic mass is 16.4. The second-order valence-electron chi connectivity index (χ2n) is 5.21. The van der Waals surface area contributed by atoms with Crippen molar-refractivity contribution < 1.29 is 9.90 Å². The van der Waals surface area contributed by atoms with Crippen LogP contribution in [0.2, 0.25) is 0 Å². The van der Waals surface area contributed by atoms with Crippen LogP contribution in [0.15, 0.2) is 12.3 Å². The third kappa shape index (κ3) is 2.53. The molecule has 1 aromatic rings. The quantitative estimate of drug-likeness (QED) is 0.852. The van der Waals surface area contributed by atoms with Crippen molar-refractivity contribution in [2.45, 2.75) is 37.8 Å². The van der Waals surface area contributed by atoms with Crippen LogP contribution in [0, 0.1) is 0 Å². The van der Waals surface area contributed by atoms with Gasteiger partial charge in [-0.1, -0.05) is 6.42 Å². The molecular weight excluding hydrogens is 244 g/mol. The van der Waals surface area contributed by atoms with Gasteiger partial charge >= 0.3 is 5.97 Å². The van der Waals surface area contributed by atoms with Gasteiger partial charge in [0, 0.05) is 24.8 Å². The van der Waals surface area contributed by atoms with Crippen LogP contribution in [-0.2, 0) is 0 Å². The Bertz CT molecular complexity index is 479. The molecule has 0 spiro atoms. The van der Waals surface area contributed by atoms with Gasteiger partial charge in [-0.05, 0) is 31.9 Å². The van der Waals surface area contributed by atoms with Gasteiger partial charge in [-0.3, -0.25) is 4.90 Å². The van der Waals surface area contributed by atoms with Crippen LogP contribution >= 0.6 is 0 Å². The van der Waals surface area contributed by atoms with Gasteiger partial charge in [-0.2, -0.15) is 0 Å². The molecule has 3 rings (SSSR count). The summed E-state index contributed by atoms with van der Waals surface area (Å²) in [7, 11) is 0. The third-order valence-electron chi connectivity index (χ3n) is 4.05. The fraction of sp³-hybridized carbons (Fsp3) is 0.615. The fourth-order valence-electron chi connectivity index (χ4n) is 3.13. The van der Waals surface area contributed by atoms with Gasteiger partial charge in [-0.15, -0.1) is 0 Å². The van der Waals surface area contributed by atoms with E-state index in [4.69, 9.17) is 5.11 Å². The fourth-order valence-corrected chi connectivity index (χ4v) is 3.13. The van der Waals surface area contributed by atoms with E-state index in [9.17, 15) is 4.79 Å². The van der Waals surface area contributed by atoms with Crippen LogP contribution in [0.1, 0.15) is 36.2 Å². The summed E-state index contributed by atoms with van der Waals surface area (Å²) in [5, 5.41) is 12.2. The first kappa shape index (κ1) is 12.3. The van der Waals surface area contributed by atoms with Gasteiger partial charge in [0.2, 0.25) is 5.95 Å². The van der Waals surface area contributed by atoms with Gasteiger partial charge in [0.1, 0.15) is 0 Å². The van der Waals surface area contributed by atoms with E-state index in [0.717, 1.165) is 13.0 Å². The molecule has 1 aromatic heterocycles. The molecule has 19 heavy (non-hydrogen) atoms. The summed E-state index contributed by atoms with van der Waals surface area (Å²) < 4.78 is 0. The first-order valence-corrected chi connectivity index (χ1v) is 6.81. The highest BCUT2D eigenvalue weighted by Gasteiger charge is 2.35. The number of carboxylic acid groups (broad SMARTS) is 1. The lowest BCUT2D eigenvalue weighted by Crippen LogP contribution is -2.42. The molecule has 2 saturated heterocycles. The first-order valence-electron chi connectivity index (χ1n) is 6.81. The molecule has 2 unspecified atom stereocenters. The molecule has 0 radical (unpaired) electrons. The Balaban J connectivity index is 1.71. The summed E-state index contributed by atoms with van der Waals surface area (Å²) >= 11 is 0. The predicted octanol–water partition coefficient (Wildman–Crippen LogP) is 1.21. The summed E-state index contributed by atoms with van der Waals surface area (Å²) in [4.78, 5) is 21.6. The van der Waals surface area contributed by atoms with E-state index in [-0.39, 0.29) is 5.69 Å². The minimum absolute atomic E-state index is 0.0380. The highest BCUT2D eigenvalue weighted by Crippen LogP contribution is 2.28. The number of aromatic carboxylic acids is 1. The van der Waals surface area contributed by atoms with E-state index in [0.29, 0.717) is 18.0 Å². The Morgan fingerprint density at radius 1 is 1.37 bits per heavy atom. The van der Waals surface area contributed by atoms with E-state index >= 15 is 0 Å². The topological polar surface area (TPSA) is 78.3 Å². The Kier molecular flexibility index (Phi) is 3.33. The molecule has 102 valence electrons. The normalized spacial score (nSPS) is 26.9. The molecule has 2 atom stereocenters. The van der Waals surface area contributed by atoms with Crippen molar-refractivity contribution in [3.8, 4) is 0 Å². The van der Waals surface area contributed by atoms with Gasteiger partial charge in [0.25, 0.3) is 0 Å². The maximum Gasteiger partial charge on any atom is 0.354 e. The summed E-state index contributed by atoms with van der Waals surface area (Å²) in [6.07, 6.45) is 6.33. The Labute approximate surface area is 111 Å². The number of piperidine rings is 1. The SMILES string of the molecule is O=C(O)c1ccnc(NC2CCN3CCCCC23)n1. The summed E-state index contributed by atoms with van der Waals surface area (Å²) in [6.45, 7) is 2.29. The number of fused-ring (bicyclic) bond motifs is 1. The maximum absolute atomic E-state index is 10.9. The minimum atomic E-state index is -1.02. The van der Waals surface area contributed by atoms with E-state index in [1.54, 1.807) is 0 Å². The number of carbonyl (C=O) groups is 1. The average molecular weight is 262 g/mol. The molecule has 2 fully saturated rings. The van der Waals surface area contributed by atoms with Crippen molar-refractivity contribution in [3.63, 3.8) is 0 Å². The minimum Gasteiger partial charge on any atom is -0.477 e. The predicted molar refractivity (Wildman–Crippen MR) is 70.2 cm³/mol. The number of hydrogen-bond donors (Lipinski definition) is 2. The van der Waals surface area contributed by atoms with Crippen LogP contribution in [0.25, 0.3) is 0 Å². The van der Waals surface area contributed by atoms with E-state index in [1.165, 1.54) is 38.1 Å². The first-order chi connectivity index (χ1) is 9.24. The third-order valence-corrected chi connectivity index (χ3v) is 4.05. The average Bonchev–Trinajstić information content (AvgIpc) is 2.83. The zero-order valence-corrected chi connectivity index (χ0v) is 10.7. The van der Waals surface area contributed by atoms with Crippen molar-refractivity contribution in [1.29, 1.82) is 0 Å². The molecule has 2 aliphatic heterocycles. The molecule has 6 nitrogen and oxygen atoms in total. The van der Waals surface area contributed by atoms with Crippen molar-refractivity contribution in [1.82, 2.24) is 14.9 Å². The standard InChI is InChI=1S/C13H18N4O2/c18-12(19)10-4-6-14-13(16-10)15-9-5-8-17-7-2-1-3-11(9)17/h4,6,9,11H,1-3,5,7-8H2,(H,18,19)(H,14,15,16). The van der Waals surface area contributed by atoms with Gasteiger partial charge < -0.3 is 10.4 Å². The number of rotatable bonds is 3. The lowest BCUT2D eigenvalue weighted by molar-refractivity contribution is 0.0690. The van der Waals surface area contributed by atoms with Crippen LogP contribution in [-0.4, -0.2) is 51.1 Å². The van der Waals surface area contributed by atoms with Crippen LogP contribution < -0.4 is 5.32 Å². The molecule has 2 aliphatic rings. The number of anilines is 1. The number of aromatic nitrogens is 2. The molecule has 0 amide bonds. The Morgan fingerprint density at radius 3 is 3.11 bits per heavy atom. The molecular formula is C13H18N4O2. The second-order valence-corrected chi connectivity index (χ2v) is 5.21. The smallest absolute Gasteiger partial charge is 0.354 e.